The lowest BCUT2D eigenvalue weighted by Crippen LogP contribution is -2.41. The first-order chi connectivity index (χ1) is 11.8. The van der Waals surface area contributed by atoms with E-state index in [0.29, 0.717) is 24.7 Å². The summed E-state index contributed by atoms with van der Waals surface area (Å²) in [5.41, 5.74) is 0. The molecule has 2 aromatic heterocycles. The molecule has 3 amide bonds. The van der Waals surface area contributed by atoms with Crippen LogP contribution < -0.4 is 16.5 Å². The normalized spacial score (nSPS) is 11.3. The van der Waals surface area contributed by atoms with Gasteiger partial charge >= 0.3 is 12.2 Å². The number of alkyl halides is 3. The van der Waals surface area contributed by atoms with E-state index in [1.165, 1.54) is 0 Å². The number of amides is 3. The molecule has 25 heavy (non-hydrogen) atoms. The zero-order valence-corrected chi connectivity index (χ0v) is 14.2. The Hall–Kier alpha value is -2.28. The number of halogens is 3. The molecular weight excluding hydrogens is 381 g/mol. The molecule has 0 aliphatic carbocycles. The Labute approximate surface area is 147 Å². The number of urea groups is 1. The summed E-state index contributed by atoms with van der Waals surface area (Å²) in [5, 5.41) is 12.4. The van der Waals surface area contributed by atoms with Crippen molar-refractivity contribution in [1.82, 2.24) is 25.5 Å². The summed E-state index contributed by atoms with van der Waals surface area (Å²) >= 11 is 2.18. The van der Waals surface area contributed by atoms with Crippen LogP contribution in [0.25, 0.3) is 0 Å². The second-order valence-corrected chi connectivity index (χ2v) is 6.57. The molecule has 8 nitrogen and oxygen atoms in total. The molecule has 0 saturated heterocycles. The molecule has 0 aromatic carbocycles. The SMILES string of the molecule is Nn1c(SCC(=O)NC(=O)NCCc2cccs2)nnc1C(F)(F)F. The number of carbonyl (C=O) groups excluding carboxylic acids is 2. The highest BCUT2D eigenvalue weighted by Crippen LogP contribution is 2.28. The number of hydrogen-bond donors (Lipinski definition) is 3. The summed E-state index contributed by atoms with van der Waals surface area (Å²) in [6.45, 7) is 0.346. The topological polar surface area (TPSA) is 115 Å². The number of nitrogen functional groups attached to an aromatic ring is 1. The van der Waals surface area contributed by atoms with E-state index in [2.05, 4.69) is 20.8 Å². The molecule has 4 N–H and O–H groups in total. The highest BCUT2D eigenvalue weighted by Gasteiger charge is 2.38. The number of nitrogens with zero attached hydrogens (tertiary/aromatic N) is 3. The van der Waals surface area contributed by atoms with Crippen LogP contribution in [0, 0.1) is 0 Å². The molecule has 0 fully saturated rings. The summed E-state index contributed by atoms with van der Waals surface area (Å²) in [5.74, 6) is 2.82. The fraction of sp³-hybridized carbons (Fsp3) is 0.333. The Kier molecular flexibility index (Phi) is 6.25. The van der Waals surface area contributed by atoms with Gasteiger partial charge in [0.05, 0.1) is 5.75 Å². The van der Waals surface area contributed by atoms with Crippen LogP contribution in [0.1, 0.15) is 10.7 Å². The van der Waals surface area contributed by atoms with Crippen molar-refractivity contribution in [3.63, 3.8) is 0 Å². The Morgan fingerprint density at radius 2 is 2.12 bits per heavy atom. The van der Waals surface area contributed by atoms with Gasteiger partial charge in [-0.05, 0) is 17.9 Å². The second-order valence-electron chi connectivity index (χ2n) is 4.60. The number of thiophene rings is 1. The summed E-state index contributed by atoms with van der Waals surface area (Å²) < 4.78 is 37.8. The first-order valence-corrected chi connectivity index (χ1v) is 8.64. The highest BCUT2D eigenvalue weighted by molar-refractivity contribution is 7.99. The Morgan fingerprint density at radius 1 is 1.36 bits per heavy atom. The van der Waals surface area contributed by atoms with Crippen molar-refractivity contribution in [2.24, 2.45) is 0 Å². The van der Waals surface area contributed by atoms with Crippen LogP contribution in [0.2, 0.25) is 0 Å². The lowest BCUT2D eigenvalue weighted by Gasteiger charge is -2.07. The van der Waals surface area contributed by atoms with Crippen molar-refractivity contribution >= 4 is 35.0 Å². The largest absolute Gasteiger partial charge is 0.453 e. The predicted octanol–water partition coefficient (Wildman–Crippen LogP) is 1.23. The number of aromatic nitrogens is 3. The smallest absolute Gasteiger partial charge is 0.337 e. The number of imide groups is 1. The predicted molar refractivity (Wildman–Crippen MR) is 85.5 cm³/mol. The zero-order chi connectivity index (χ0) is 18.4. The van der Waals surface area contributed by atoms with Crippen LogP contribution in [0.5, 0.6) is 0 Å². The molecule has 0 aliphatic heterocycles. The van der Waals surface area contributed by atoms with Gasteiger partial charge in [-0.15, -0.1) is 21.5 Å². The minimum absolute atomic E-state index is 0.249. The van der Waals surface area contributed by atoms with E-state index in [9.17, 15) is 22.8 Å². The first kappa shape index (κ1) is 19.1. The minimum atomic E-state index is -4.74. The molecule has 0 saturated carbocycles. The maximum Gasteiger partial charge on any atom is 0.453 e. The van der Waals surface area contributed by atoms with E-state index in [1.807, 2.05) is 17.5 Å². The number of nitrogens with two attached hydrogens (primary N) is 1. The maximum atomic E-state index is 12.5. The van der Waals surface area contributed by atoms with Gasteiger partial charge in [-0.2, -0.15) is 13.2 Å². The molecule has 0 radical (unpaired) electrons. The van der Waals surface area contributed by atoms with E-state index in [-0.39, 0.29) is 15.6 Å². The van der Waals surface area contributed by atoms with Crippen LogP contribution in [0.4, 0.5) is 18.0 Å². The van der Waals surface area contributed by atoms with Crippen LogP contribution in [0.3, 0.4) is 0 Å². The van der Waals surface area contributed by atoms with E-state index in [0.717, 1.165) is 4.88 Å². The lowest BCUT2D eigenvalue weighted by molar-refractivity contribution is -0.146. The maximum absolute atomic E-state index is 12.5. The van der Waals surface area contributed by atoms with E-state index in [1.54, 1.807) is 11.3 Å². The Morgan fingerprint density at radius 3 is 2.72 bits per heavy atom. The number of hydrogen-bond acceptors (Lipinski definition) is 7. The molecule has 2 heterocycles. The summed E-state index contributed by atoms with van der Waals surface area (Å²) in [7, 11) is 0. The fourth-order valence-electron chi connectivity index (χ4n) is 1.66. The molecule has 136 valence electrons. The van der Waals surface area contributed by atoms with Gasteiger partial charge in [0.15, 0.2) is 0 Å². The minimum Gasteiger partial charge on any atom is -0.337 e. The molecule has 0 spiro atoms. The van der Waals surface area contributed by atoms with Gasteiger partial charge in [0.1, 0.15) is 0 Å². The third-order valence-electron chi connectivity index (χ3n) is 2.74. The van der Waals surface area contributed by atoms with Gasteiger partial charge in [0, 0.05) is 11.4 Å². The average molecular weight is 394 g/mol. The average Bonchev–Trinajstić information content (AvgIpc) is 3.14. The number of rotatable bonds is 6. The van der Waals surface area contributed by atoms with Gasteiger partial charge in [0.2, 0.25) is 11.1 Å². The molecule has 0 aliphatic rings. The quantitative estimate of drug-likeness (QED) is 0.502. The van der Waals surface area contributed by atoms with Crippen molar-refractivity contribution in [3.05, 3.63) is 28.2 Å². The molecule has 13 heteroatoms. The third kappa shape index (κ3) is 5.63. The fourth-order valence-corrected chi connectivity index (χ4v) is 3.03. The van der Waals surface area contributed by atoms with Crippen LogP contribution in [-0.4, -0.2) is 39.1 Å². The first-order valence-electron chi connectivity index (χ1n) is 6.78. The molecule has 2 aromatic rings. The Balaban J connectivity index is 1.73. The van der Waals surface area contributed by atoms with Gasteiger partial charge in [0.25, 0.3) is 5.82 Å². The van der Waals surface area contributed by atoms with Gasteiger partial charge in [-0.3, -0.25) is 10.1 Å². The summed E-state index contributed by atoms with van der Waals surface area (Å²) in [6.07, 6.45) is -4.12. The zero-order valence-electron chi connectivity index (χ0n) is 12.5. The van der Waals surface area contributed by atoms with Gasteiger partial charge in [-0.1, -0.05) is 17.8 Å². The monoisotopic (exact) mass is 394 g/mol. The number of nitrogens with one attached hydrogen (secondary N) is 2. The van der Waals surface area contributed by atoms with Crippen molar-refractivity contribution in [2.45, 2.75) is 17.8 Å². The van der Waals surface area contributed by atoms with Crippen molar-refractivity contribution < 1.29 is 22.8 Å². The molecule has 0 atom stereocenters. The second kappa shape index (κ2) is 8.20. The molecule has 0 bridgehead atoms. The standard InChI is InChI=1S/C12H13F3N6O2S2/c13-12(14,15)9-19-20-11(21(9)16)25-6-8(22)18-10(23)17-4-3-7-2-1-5-24-7/h1-2,5H,3-4,6,16H2,(H2,17,18,22,23). The van der Waals surface area contributed by atoms with E-state index < -0.39 is 23.9 Å². The molecular formula is C12H13F3N6O2S2. The molecule has 0 unspecified atom stereocenters. The third-order valence-corrected chi connectivity index (χ3v) is 4.62. The van der Waals surface area contributed by atoms with Crippen molar-refractivity contribution in [3.8, 4) is 0 Å². The van der Waals surface area contributed by atoms with Crippen molar-refractivity contribution in [2.75, 3.05) is 18.1 Å². The van der Waals surface area contributed by atoms with Crippen molar-refractivity contribution in [1.29, 1.82) is 0 Å². The summed E-state index contributed by atoms with van der Waals surface area (Å²) in [6, 6.07) is 3.12. The van der Waals surface area contributed by atoms with Gasteiger partial charge < -0.3 is 11.2 Å². The van der Waals surface area contributed by atoms with Crippen LogP contribution in [0.15, 0.2) is 22.7 Å². The summed E-state index contributed by atoms with van der Waals surface area (Å²) in [4.78, 5) is 24.3. The number of thioether (sulfide) groups is 1. The lowest BCUT2D eigenvalue weighted by atomic mass is 10.3. The number of carbonyl (C=O) groups is 2. The Bertz CT molecular complexity index is 732. The van der Waals surface area contributed by atoms with Crippen LogP contribution >= 0.6 is 23.1 Å². The van der Waals surface area contributed by atoms with E-state index >= 15 is 0 Å². The molecule has 2 rings (SSSR count). The van der Waals surface area contributed by atoms with E-state index in [4.69, 9.17) is 5.84 Å². The van der Waals surface area contributed by atoms with Gasteiger partial charge in [-0.25, -0.2) is 9.47 Å². The highest BCUT2D eigenvalue weighted by atomic mass is 32.2. The van der Waals surface area contributed by atoms with Crippen LogP contribution in [-0.2, 0) is 17.4 Å².